The van der Waals surface area contributed by atoms with E-state index in [0.717, 1.165) is 11.3 Å². The molecule has 0 aliphatic heterocycles. The number of benzene rings is 1. The summed E-state index contributed by atoms with van der Waals surface area (Å²) < 4.78 is 5.38. The Hall–Kier alpha value is -1.75. The molecule has 3 N–H and O–H groups in total. The second kappa shape index (κ2) is 8.43. The van der Waals surface area contributed by atoms with E-state index in [1.165, 1.54) is 0 Å². The maximum atomic E-state index is 11.8. The van der Waals surface area contributed by atoms with Crippen LogP contribution in [0.3, 0.4) is 0 Å². The van der Waals surface area contributed by atoms with Crippen LogP contribution in [0.1, 0.15) is 38.8 Å². The van der Waals surface area contributed by atoms with Crippen molar-refractivity contribution in [1.82, 2.24) is 10.6 Å². The summed E-state index contributed by atoms with van der Waals surface area (Å²) in [6, 6.07) is 7.05. The minimum Gasteiger partial charge on any atom is -0.494 e. The molecule has 1 aromatic rings. The number of hydrogen-bond acceptors (Lipinski definition) is 3. The lowest BCUT2D eigenvalue weighted by Gasteiger charge is -2.19. The van der Waals surface area contributed by atoms with Crippen LogP contribution in [0.15, 0.2) is 24.3 Å². The molecule has 2 amide bonds. The molecule has 2 unspecified atom stereocenters. The summed E-state index contributed by atoms with van der Waals surface area (Å²) in [5.74, 6) is 0.819. The van der Waals surface area contributed by atoms with Crippen LogP contribution in [0.25, 0.3) is 0 Å². The molecule has 0 aliphatic carbocycles. The molecule has 0 bridgehead atoms. The van der Waals surface area contributed by atoms with Crippen molar-refractivity contribution in [2.24, 2.45) is 0 Å². The standard InChI is InChI=1S/C15H24N2O3/c1-4-13(10-18)17-15(19)16-11(3)12-6-8-14(9-7-12)20-5-2/h6-9,11,13,18H,4-5,10H2,1-3H3,(H2,16,17,19). The number of carbonyl (C=O) groups excluding carboxylic acids is 1. The maximum absolute atomic E-state index is 11.8. The van der Waals surface area contributed by atoms with Crippen molar-refractivity contribution in [3.05, 3.63) is 29.8 Å². The minimum atomic E-state index is -0.271. The van der Waals surface area contributed by atoms with Gasteiger partial charge >= 0.3 is 6.03 Å². The van der Waals surface area contributed by atoms with Crippen LogP contribution in [0, 0.1) is 0 Å². The normalized spacial score (nSPS) is 13.4. The maximum Gasteiger partial charge on any atom is 0.315 e. The number of carbonyl (C=O) groups is 1. The fraction of sp³-hybridized carbons (Fsp3) is 0.533. The van der Waals surface area contributed by atoms with E-state index in [2.05, 4.69) is 10.6 Å². The van der Waals surface area contributed by atoms with Crippen molar-refractivity contribution < 1.29 is 14.6 Å². The lowest BCUT2D eigenvalue weighted by atomic mass is 10.1. The summed E-state index contributed by atoms with van der Waals surface area (Å²) in [4.78, 5) is 11.8. The fourth-order valence-corrected chi connectivity index (χ4v) is 1.80. The Morgan fingerprint density at radius 3 is 2.40 bits per heavy atom. The van der Waals surface area contributed by atoms with E-state index in [1.807, 2.05) is 45.0 Å². The third-order valence-corrected chi connectivity index (χ3v) is 3.09. The molecule has 20 heavy (non-hydrogen) atoms. The van der Waals surface area contributed by atoms with E-state index in [-0.39, 0.29) is 24.7 Å². The first-order chi connectivity index (χ1) is 9.60. The van der Waals surface area contributed by atoms with Gasteiger partial charge in [-0.05, 0) is 38.0 Å². The monoisotopic (exact) mass is 280 g/mol. The minimum absolute atomic E-state index is 0.0542. The number of aliphatic hydroxyl groups is 1. The Morgan fingerprint density at radius 2 is 1.90 bits per heavy atom. The number of ether oxygens (including phenoxy) is 1. The first-order valence-electron chi connectivity index (χ1n) is 7.01. The smallest absolute Gasteiger partial charge is 0.315 e. The lowest BCUT2D eigenvalue weighted by Crippen LogP contribution is -2.44. The molecule has 0 spiro atoms. The highest BCUT2D eigenvalue weighted by molar-refractivity contribution is 5.74. The largest absolute Gasteiger partial charge is 0.494 e. The first-order valence-corrected chi connectivity index (χ1v) is 7.01. The van der Waals surface area contributed by atoms with Crippen LogP contribution >= 0.6 is 0 Å². The molecular formula is C15H24N2O3. The average molecular weight is 280 g/mol. The summed E-state index contributed by atoms with van der Waals surface area (Å²) in [7, 11) is 0. The van der Waals surface area contributed by atoms with Gasteiger partial charge in [0.1, 0.15) is 5.75 Å². The highest BCUT2D eigenvalue weighted by Crippen LogP contribution is 2.17. The average Bonchev–Trinajstić information content (AvgIpc) is 2.45. The predicted molar refractivity (Wildman–Crippen MR) is 78.9 cm³/mol. The molecule has 5 heteroatoms. The van der Waals surface area contributed by atoms with Crippen LogP contribution in [0.4, 0.5) is 4.79 Å². The molecule has 2 atom stereocenters. The summed E-state index contributed by atoms with van der Waals surface area (Å²) >= 11 is 0. The predicted octanol–water partition coefficient (Wildman–Crippen LogP) is 2.22. The summed E-state index contributed by atoms with van der Waals surface area (Å²) in [6.45, 7) is 6.34. The summed E-state index contributed by atoms with van der Waals surface area (Å²) in [6.07, 6.45) is 0.696. The van der Waals surface area contributed by atoms with Gasteiger partial charge in [-0.3, -0.25) is 0 Å². The quantitative estimate of drug-likeness (QED) is 0.717. The van der Waals surface area contributed by atoms with Crippen LogP contribution in [0.5, 0.6) is 5.75 Å². The van der Waals surface area contributed by atoms with Gasteiger partial charge < -0.3 is 20.5 Å². The summed E-state index contributed by atoms with van der Waals surface area (Å²) in [5.41, 5.74) is 1.00. The molecular weight excluding hydrogens is 256 g/mol. The van der Waals surface area contributed by atoms with Crippen molar-refractivity contribution in [3.63, 3.8) is 0 Å². The van der Waals surface area contributed by atoms with Crippen molar-refractivity contribution in [1.29, 1.82) is 0 Å². The number of nitrogens with one attached hydrogen (secondary N) is 2. The van der Waals surface area contributed by atoms with Gasteiger partial charge in [0.05, 0.1) is 25.3 Å². The SMILES string of the molecule is CCOc1ccc(C(C)NC(=O)NC(CC)CO)cc1. The van der Waals surface area contributed by atoms with E-state index in [9.17, 15) is 4.79 Å². The molecule has 0 saturated heterocycles. The molecule has 0 radical (unpaired) electrons. The van der Waals surface area contributed by atoms with Crippen LogP contribution < -0.4 is 15.4 Å². The van der Waals surface area contributed by atoms with E-state index in [1.54, 1.807) is 0 Å². The molecule has 0 fully saturated rings. The van der Waals surface area contributed by atoms with Gasteiger partial charge in [-0.25, -0.2) is 4.79 Å². The number of amides is 2. The second-order valence-corrected chi connectivity index (χ2v) is 4.63. The molecule has 0 saturated carbocycles. The van der Waals surface area contributed by atoms with Crippen LogP contribution in [0.2, 0.25) is 0 Å². The van der Waals surface area contributed by atoms with Gasteiger partial charge in [0.25, 0.3) is 0 Å². The molecule has 112 valence electrons. The van der Waals surface area contributed by atoms with Gasteiger partial charge in [0.15, 0.2) is 0 Å². The molecule has 5 nitrogen and oxygen atoms in total. The molecule has 0 heterocycles. The Kier molecular flexibility index (Phi) is 6.87. The molecule has 1 aromatic carbocycles. The van der Waals surface area contributed by atoms with Crippen molar-refractivity contribution in [2.45, 2.75) is 39.3 Å². The van der Waals surface area contributed by atoms with E-state index in [4.69, 9.17) is 9.84 Å². The number of urea groups is 1. The van der Waals surface area contributed by atoms with Crippen molar-refractivity contribution in [2.75, 3.05) is 13.2 Å². The van der Waals surface area contributed by atoms with Gasteiger partial charge in [-0.2, -0.15) is 0 Å². The molecule has 0 aromatic heterocycles. The molecule has 0 aliphatic rings. The Bertz CT molecular complexity index is 402. The topological polar surface area (TPSA) is 70.6 Å². The van der Waals surface area contributed by atoms with Crippen molar-refractivity contribution >= 4 is 6.03 Å². The van der Waals surface area contributed by atoms with Gasteiger partial charge in [0, 0.05) is 0 Å². The highest BCUT2D eigenvalue weighted by Gasteiger charge is 2.12. The Morgan fingerprint density at radius 1 is 1.25 bits per heavy atom. The zero-order valence-corrected chi connectivity index (χ0v) is 12.3. The zero-order valence-electron chi connectivity index (χ0n) is 12.3. The Labute approximate surface area is 120 Å². The first kappa shape index (κ1) is 16.3. The van der Waals surface area contributed by atoms with Crippen molar-refractivity contribution in [3.8, 4) is 5.75 Å². The van der Waals surface area contributed by atoms with E-state index in [0.29, 0.717) is 13.0 Å². The second-order valence-electron chi connectivity index (χ2n) is 4.63. The lowest BCUT2D eigenvalue weighted by molar-refractivity contribution is 0.212. The van der Waals surface area contributed by atoms with Crippen LogP contribution in [-0.4, -0.2) is 30.4 Å². The molecule has 1 rings (SSSR count). The number of aliphatic hydroxyl groups excluding tert-OH is 1. The zero-order chi connectivity index (χ0) is 15.0. The van der Waals surface area contributed by atoms with E-state index < -0.39 is 0 Å². The third-order valence-electron chi connectivity index (χ3n) is 3.09. The van der Waals surface area contributed by atoms with E-state index >= 15 is 0 Å². The van der Waals surface area contributed by atoms with Gasteiger partial charge in [-0.15, -0.1) is 0 Å². The third kappa shape index (κ3) is 5.09. The highest BCUT2D eigenvalue weighted by atomic mass is 16.5. The number of rotatable bonds is 7. The summed E-state index contributed by atoms with van der Waals surface area (Å²) in [5, 5.41) is 14.6. The number of hydrogen-bond donors (Lipinski definition) is 3. The van der Waals surface area contributed by atoms with Gasteiger partial charge in [0.2, 0.25) is 0 Å². The van der Waals surface area contributed by atoms with Gasteiger partial charge in [-0.1, -0.05) is 19.1 Å². The van der Waals surface area contributed by atoms with Crippen LogP contribution in [-0.2, 0) is 0 Å². The Balaban J connectivity index is 2.52. The fourth-order valence-electron chi connectivity index (χ4n) is 1.80.